The Kier molecular flexibility index (Phi) is 8.56. The number of hydrogen-bond acceptors (Lipinski definition) is 3. The van der Waals surface area contributed by atoms with Crippen molar-refractivity contribution in [2.75, 3.05) is 25.1 Å². The lowest BCUT2D eigenvalue weighted by atomic mass is 10.1. The minimum atomic E-state index is -0.412. The van der Waals surface area contributed by atoms with E-state index in [0.717, 1.165) is 25.0 Å². The molecule has 0 bridgehead atoms. The summed E-state index contributed by atoms with van der Waals surface area (Å²) in [5, 5.41) is 2.84. The average molecular weight is 308 g/mol. The fourth-order valence-corrected chi connectivity index (χ4v) is 2.30. The second kappa shape index (κ2) is 10.3. The van der Waals surface area contributed by atoms with Crippen molar-refractivity contribution < 1.29 is 9.18 Å². The van der Waals surface area contributed by atoms with Crippen molar-refractivity contribution >= 4 is 17.7 Å². The number of thioether (sulfide) groups is 1. The summed E-state index contributed by atoms with van der Waals surface area (Å²) in [4.78, 5) is 12.1. The van der Waals surface area contributed by atoms with Gasteiger partial charge in [-0.15, -0.1) is 0 Å². The van der Waals surface area contributed by atoms with Crippen LogP contribution in [-0.4, -0.2) is 31.0 Å². The maximum atomic E-state index is 13.2. The first-order chi connectivity index (χ1) is 10.2. The van der Waals surface area contributed by atoms with E-state index in [9.17, 15) is 9.18 Å². The van der Waals surface area contributed by atoms with Gasteiger partial charge in [0.25, 0.3) is 5.91 Å². The van der Waals surface area contributed by atoms with Gasteiger partial charge in [-0.1, -0.05) is 18.3 Å². The number of benzene rings is 1. The summed E-state index contributed by atoms with van der Waals surface area (Å²) in [5.74, 6) is 5.89. The molecule has 0 aromatic heterocycles. The van der Waals surface area contributed by atoms with Gasteiger partial charge in [-0.05, 0) is 43.0 Å². The fraction of sp³-hybridized carbons (Fsp3) is 0.438. The zero-order valence-corrected chi connectivity index (χ0v) is 13.1. The molecule has 0 unspecified atom stereocenters. The van der Waals surface area contributed by atoms with Gasteiger partial charge < -0.3 is 11.1 Å². The van der Waals surface area contributed by atoms with Gasteiger partial charge in [-0.3, -0.25) is 4.79 Å². The molecule has 1 aromatic rings. The standard InChI is InChI=1S/C16H21FN2OS/c1-21-11-4-2-3-10-19-16(20)15-8-7-14(17)12-13(15)6-5-9-18/h7-8,12H,2-4,9-11,18H2,1H3,(H,19,20). The monoisotopic (exact) mass is 308 g/mol. The largest absolute Gasteiger partial charge is 0.352 e. The zero-order chi connectivity index (χ0) is 15.5. The van der Waals surface area contributed by atoms with E-state index in [1.165, 1.54) is 18.2 Å². The van der Waals surface area contributed by atoms with Crippen LogP contribution in [0.2, 0.25) is 0 Å². The molecule has 3 N–H and O–H groups in total. The molecule has 0 saturated heterocycles. The van der Waals surface area contributed by atoms with E-state index in [1.807, 2.05) is 11.8 Å². The molecule has 21 heavy (non-hydrogen) atoms. The van der Waals surface area contributed by atoms with Gasteiger partial charge in [0.05, 0.1) is 12.1 Å². The normalized spacial score (nSPS) is 9.86. The predicted molar refractivity (Wildman–Crippen MR) is 86.9 cm³/mol. The first-order valence-electron chi connectivity index (χ1n) is 6.94. The Hall–Kier alpha value is -1.51. The summed E-state index contributed by atoms with van der Waals surface area (Å²) in [6.45, 7) is 0.793. The smallest absolute Gasteiger partial charge is 0.252 e. The van der Waals surface area contributed by atoms with Crippen LogP contribution < -0.4 is 11.1 Å². The molecule has 0 atom stereocenters. The quantitative estimate of drug-likeness (QED) is 0.601. The molecule has 0 radical (unpaired) electrons. The second-order valence-corrected chi connectivity index (χ2v) is 5.49. The summed E-state index contributed by atoms with van der Waals surface area (Å²) in [6, 6.07) is 3.98. The predicted octanol–water partition coefficient (Wildman–Crippen LogP) is 2.40. The van der Waals surface area contributed by atoms with E-state index < -0.39 is 5.82 Å². The van der Waals surface area contributed by atoms with Crippen molar-refractivity contribution in [3.8, 4) is 11.8 Å². The lowest BCUT2D eigenvalue weighted by Gasteiger charge is -2.07. The Morgan fingerprint density at radius 3 is 2.90 bits per heavy atom. The van der Waals surface area contributed by atoms with Crippen LogP contribution in [0.25, 0.3) is 0 Å². The molecule has 0 aliphatic heterocycles. The van der Waals surface area contributed by atoms with Crippen molar-refractivity contribution in [2.45, 2.75) is 19.3 Å². The molecular weight excluding hydrogens is 287 g/mol. The molecule has 0 spiro atoms. The lowest BCUT2D eigenvalue weighted by Crippen LogP contribution is -2.25. The Morgan fingerprint density at radius 1 is 1.38 bits per heavy atom. The number of carbonyl (C=O) groups is 1. The molecule has 5 heteroatoms. The van der Waals surface area contributed by atoms with E-state index in [1.54, 1.807) is 0 Å². The third-order valence-corrected chi connectivity index (χ3v) is 3.56. The Balaban J connectivity index is 2.57. The SMILES string of the molecule is CSCCCCCNC(=O)c1ccc(F)cc1C#CCN. The van der Waals surface area contributed by atoms with E-state index in [2.05, 4.69) is 23.4 Å². The van der Waals surface area contributed by atoms with Crippen molar-refractivity contribution in [1.82, 2.24) is 5.32 Å². The van der Waals surface area contributed by atoms with E-state index in [0.29, 0.717) is 17.7 Å². The van der Waals surface area contributed by atoms with Crippen LogP contribution in [0.5, 0.6) is 0 Å². The van der Waals surface area contributed by atoms with Crippen molar-refractivity contribution in [3.63, 3.8) is 0 Å². The minimum Gasteiger partial charge on any atom is -0.352 e. The molecule has 114 valence electrons. The molecule has 0 aliphatic carbocycles. The molecule has 0 aliphatic rings. The zero-order valence-electron chi connectivity index (χ0n) is 12.2. The number of halogens is 1. The Labute approximate surface area is 129 Å². The number of unbranched alkanes of at least 4 members (excludes halogenated alkanes) is 2. The molecule has 1 rings (SSSR count). The van der Waals surface area contributed by atoms with E-state index in [4.69, 9.17) is 5.73 Å². The maximum Gasteiger partial charge on any atom is 0.252 e. The van der Waals surface area contributed by atoms with Gasteiger partial charge in [0.1, 0.15) is 5.82 Å². The summed E-state index contributed by atoms with van der Waals surface area (Å²) >= 11 is 1.83. The van der Waals surface area contributed by atoms with Crippen LogP contribution >= 0.6 is 11.8 Å². The lowest BCUT2D eigenvalue weighted by molar-refractivity contribution is 0.0952. The highest BCUT2D eigenvalue weighted by Gasteiger charge is 2.10. The molecule has 0 fully saturated rings. The first kappa shape index (κ1) is 17.5. The van der Waals surface area contributed by atoms with Gasteiger partial charge in [0.2, 0.25) is 0 Å². The highest BCUT2D eigenvalue weighted by atomic mass is 32.2. The number of nitrogens with two attached hydrogens (primary N) is 1. The topological polar surface area (TPSA) is 55.1 Å². The Bertz CT molecular complexity index is 523. The fourth-order valence-electron chi connectivity index (χ4n) is 1.81. The average Bonchev–Trinajstić information content (AvgIpc) is 2.48. The summed E-state index contributed by atoms with van der Waals surface area (Å²) in [7, 11) is 0. The minimum absolute atomic E-state index is 0.174. The number of hydrogen-bond donors (Lipinski definition) is 2. The van der Waals surface area contributed by atoms with Crippen LogP contribution in [0, 0.1) is 17.7 Å². The van der Waals surface area contributed by atoms with Crippen molar-refractivity contribution in [2.24, 2.45) is 5.73 Å². The summed E-state index contributed by atoms with van der Waals surface area (Å²) in [6.07, 6.45) is 5.27. The van der Waals surface area contributed by atoms with E-state index >= 15 is 0 Å². The third-order valence-electron chi connectivity index (χ3n) is 2.86. The number of carbonyl (C=O) groups excluding carboxylic acids is 1. The van der Waals surface area contributed by atoms with Crippen molar-refractivity contribution in [3.05, 3.63) is 35.1 Å². The maximum absolute atomic E-state index is 13.2. The number of rotatable bonds is 7. The number of amides is 1. The van der Waals surface area contributed by atoms with Crippen LogP contribution in [0.4, 0.5) is 4.39 Å². The van der Waals surface area contributed by atoms with Gasteiger partial charge in [-0.25, -0.2) is 4.39 Å². The highest BCUT2D eigenvalue weighted by molar-refractivity contribution is 7.98. The third kappa shape index (κ3) is 6.65. The first-order valence-corrected chi connectivity index (χ1v) is 8.34. The van der Waals surface area contributed by atoms with Gasteiger partial charge >= 0.3 is 0 Å². The van der Waals surface area contributed by atoms with E-state index in [-0.39, 0.29) is 12.5 Å². The van der Waals surface area contributed by atoms with Gasteiger partial charge in [-0.2, -0.15) is 11.8 Å². The Morgan fingerprint density at radius 2 is 2.19 bits per heavy atom. The molecule has 0 saturated carbocycles. The molecule has 3 nitrogen and oxygen atoms in total. The van der Waals surface area contributed by atoms with Crippen LogP contribution in [0.1, 0.15) is 35.2 Å². The number of nitrogens with one attached hydrogen (secondary N) is 1. The molecule has 1 amide bonds. The second-order valence-electron chi connectivity index (χ2n) is 4.51. The van der Waals surface area contributed by atoms with Gasteiger partial charge in [0.15, 0.2) is 0 Å². The molecule has 1 aromatic carbocycles. The van der Waals surface area contributed by atoms with Crippen LogP contribution in [-0.2, 0) is 0 Å². The van der Waals surface area contributed by atoms with Crippen molar-refractivity contribution in [1.29, 1.82) is 0 Å². The van der Waals surface area contributed by atoms with Crippen LogP contribution in [0.3, 0.4) is 0 Å². The van der Waals surface area contributed by atoms with Crippen LogP contribution in [0.15, 0.2) is 18.2 Å². The summed E-state index contributed by atoms with van der Waals surface area (Å²) < 4.78 is 13.2. The van der Waals surface area contributed by atoms with Gasteiger partial charge in [0, 0.05) is 12.1 Å². The highest BCUT2D eigenvalue weighted by Crippen LogP contribution is 2.10. The summed E-state index contributed by atoms with van der Waals surface area (Å²) in [5.41, 5.74) is 6.07. The molecule has 0 heterocycles. The molecular formula is C16H21FN2OS.